The van der Waals surface area contributed by atoms with Crippen molar-refractivity contribution in [3.63, 3.8) is 0 Å². The number of alkyl halides is 1. The number of hydrogen-bond acceptors (Lipinski definition) is 11. The van der Waals surface area contributed by atoms with Crippen molar-refractivity contribution in [2.45, 2.75) is 102 Å². The number of nitrogens with zero attached hydrogens (tertiary/aromatic N) is 8. The summed E-state index contributed by atoms with van der Waals surface area (Å²) in [4.78, 5) is 68.8. The maximum atomic E-state index is 15.9. The SMILES string of the molecule is CC(=O)c1c(C)c2cnc(Nc3ccc(N4CCC(N5CC(F)(CCc6ccc7c(C8CCC(=O)NC8=O)nn(C)c7c6)C5)CC4)cn3)nc2n(C2CCCC2)c1=O. The molecule has 302 valence electrons. The van der Waals surface area contributed by atoms with Crippen molar-refractivity contribution in [2.75, 3.05) is 36.4 Å². The number of nitrogens with one attached hydrogen (secondary N) is 2. The first-order valence-corrected chi connectivity index (χ1v) is 20.6. The van der Waals surface area contributed by atoms with Crippen molar-refractivity contribution in [1.82, 2.24) is 39.5 Å². The fourth-order valence-corrected chi connectivity index (χ4v) is 9.72. The summed E-state index contributed by atoms with van der Waals surface area (Å²) in [5.74, 6) is -0.323. The smallest absolute Gasteiger partial charge is 0.263 e. The minimum Gasteiger partial charge on any atom is -0.370 e. The zero-order valence-electron chi connectivity index (χ0n) is 33.3. The van der Waals surface area contributed by atoms with Gasteiger partial charge < -0.3 is 10.2 Å². The Hall–Kier alpha value is -5.57. The number of imide groups is 1. The zero-order valence-corrected chi connectivity index (χ0v) is 33.3. The average Bonchev–Trinajstić information content (AvgIpc) is 3.84. The van der Waals surface area contributed by atoms with E-state index in [1.54, 1.807) is 22.4 Å². The van der Waals surface area contributed by atoms with Crippen LogP contribution in [0.15, 0.2) is 47.5 Å². The summed E-state index contributed by atoms with van der Waals surface area (Å²) >= 11 is 0. The molecule has 2 amide bonds. The lowest BCUT2D eigenvalue weighted by Crippen LogP contribution is -2.63. The number of anilines is 3. The van der Waals surface area contributed by atoms with Crippen LogP contribution in [0.1, 0.15) is 104 Å². The predicted octanol–water partition coefficient (Wildman–Crippen LogP) is 5.59. The number of fused-ring (bicyclic) bond motifs is 2. The Kier molecular flexibility index (Phi) is 9.81. The molecule has 4 aliphatic rings. The number of aromatic nitrogens is 6. The van der Waals surface area contributed by atoms with E-state index in [1.807, 2.05) is 43.6 Å². The Morgan fingerprint density at radius 2 is 1.74 bits per heavy atom. The molecule has 1 unspecified atom stereocenters. The molecule has 2 N–H and O–H groups in total. The Labute approximate surface area is 335 Å². The Balaban J connectivity index is 0.782. The molecule has 1 aliphatic carbocycles. The number of rotatable bonds is 10. The molecule has 7 heterocycles. The van der Waals surface area contributed by atoms with Crippen LogP contribution in [0.5, 0.6) is 0 Å². The Morgan fingerprint density at radius 3 is 2.45 bits per heavy atom. The number of aryl methyl sites for hydroxylation is 3. The van der Waals surface area contributed by atoms with Crippen molar-refractivity contribution >= 4 is 57.0 Å². The molecule has 9 rings (SSSR count). The average molecular weight is 789 g/mol. The number of carbonyl (C=O) groups excluding carboxylic acids is 3. The first kappa shape index (κ1) is 38.0. The van der Waals surface area contributed by atoms with E-state index in [0.29, 0.717) is 78.9 Å². The van der Waals surface area contributed by atoms with E-state index in [1.165, 1.54) is 6.92 Å². The van der Waals surface area contributed by atoms with E-state index in [0.717, 1.165) is 73.8 Å². The molecule has 0 radical (unpaired) electrons. The number of hydrogen-bond donors (Lipinski definition) is 2. The lowest BCUT2D eigenvalue weighted by Gasteiger charge is -2.50. The predicted molar refractivity (Wildman–Crippen MR) is 218 cm³/mol. The van der Waals surface area contributed by atoms with Crippen molar-refractivity contribution < 1.29 is 18.8 Å². The van der Waals surface area contributed by atoms with Gasteiger partial charge in [-0.2, -0.15) is 10.1 Å². The van der Waals surface area contributed by atoms with Crippen molar-refractivity contribution in [2.24, 2.45) is 7.05 Å². The molecule has 5 aromatic rings. The van der Waals surface area contributed by atoms with E-state index in [4.69, 9.17) is 4.98 Å². The van der Waals surface area contributed by atoms with Gasteiger partial charge in [-0.15, -0.1) is 0 Å². The molecule has 1 saturated carbocycles. The van der Waals surface area contributed by atoms with E-state index in [2.05, 4.69) is 35.5 Å². The Bertz CT molecular complexity index is 2500. The molecule has 58 heavy (non-hydrogen) atoms. The third-order valence-corrected chi connectivity index (χ3v) is 12.9. The summed E-state index contributed by atoms with van der Waals surface area (Å²) in [6.07, 6.45) is 11.1. The fraction of sp³-hybridized carbons (Fsp3) is 0.488. The van der Waals surface area contributed by atoms with Gasteiger partial charge in [0.05, 0.1) is 34.6 Å². The van der Waals surface area contributed by atoms with Crippen LogP contribution in [0.2, 0.25) is 0 Å². The zero-order chi connectivity index (χ0) is 40.3. The minimum atomic E-state index is -1.22. The third kappa shape index (κ3) is 7.03. The second kappa shape index (κ2) is 15.0. The highest BCUT2D eigenvalue weighted by Gasteiger charge is 2.46. The number of likely N-dealkylation sites (tertiary alicyclic amines) is 1. The third-order valence-electron chi connectivity index (χ3n) is 12.9. The number of carbonyl (C=O) groups is 3. The van der Waals surface area contributed by atoms with E-state index in [-0.39, 0.29) is 34.8 Å². The van der Waals surface area contributed by atoms with Crippen molar-refractivity contribution in [3.05, 3.63) is 75.5 Å². The topological polar surface area (TPSA) is 160 Å². The summed E-state index contributed by atoms with van der Waals surface area (Å²) in [6.45, 7) is 5.82. The number of ketones is 1. The summed E-state index contributed by atoms with van der Waals surface area (Å²) in [5, 5.41) is 11.9. The van der Waals surface area contributed by atoms with Crippen LogP contribution in [-0.4, -0.2) is 89.7 Å². The molecule has 4 aromatic heterocycles. The molecule has 14 nitrogen and oxygen atoms in total. The largest absolute Gasteiger partial charge is 0.370 e. The van der Waals surface area contributed by atoms with Gasteiger partial charge in [0.15, 0.2) is 5.78 Å². The number of piperidine rings is 2. The van der Waals surface area contributed by atoms with Crippen LogP contribution in [0.25, 0.3) is 21.9 Å². The number of halogens is 1. The number of benzene rings is 1. The molecule has 1 atom stereocenters. The van der Waals surface area contributed by atoms with Crippen LogP contribution < -0.4 is 21.1 Å². The van der Waals surface area contributed by atoms with Gasteiger partial charge in [-0.25, -0.2) is 14.4 Å². The van der Waals surface area contributed by atoms with Gasteiger partial charge in [-0.1, -0.05) is 25.0 Å². The lowest BCUT2D eigenvalue weighted by molar-refractivity contribution is -0.134. The molecular weight excluding hydrogens is 740 g/mol. The van der Waals surface area contributed by atoms with Crippen molar-refractivity contribution in [1.29, 1.82) is 0 Å². The first-order chi connectivity index (χ1) is 27.9. The van der Waals surface area contributed by atoms with Crippen molar-refractivity contribution in [3.8, 4) is 0 Å². The van der Waals surface area contributed by atoms with Gasteiger partial charge in [0, 0.05) is 68.7 Å². The van der Waals surface area contributed by atoms with E-state index < -0.39 is 11.6 Å². The van der Waals surface area contributed by atoms with Gasteiger partial charge in [0.25, 0.3) is 5.56 Å². The van der Waals surface area contributed by atoms with Gasteiger partial charge in [0.1, 0.15) is 17.1 Å². The number of pyridine rings is 2. The monoisotopic (exact) mass is 788 g/mol. The van der Waals surface area contributed by atoms with E-state index >= 15 is 4.39 Å². The van der Waals surface area contributed by atoms with Gasteiger partial charge >= 0.3 is 0 Å². The highest BCUT2D eigenvalue weighted by Crippen LogP contribution is 2.37. The summed E-state index contributed by atoms with van der Waals surface area (Å²) < 4.78 is 19.4. The molecule has 0 bridgehead atoms. The summed E-state index contributed by atoms with van der Waals surface area (Å²) in [7, 11) is 1.85. The maximum absolute atomic E-state index is 15.9. The van der Waals surface area contributed by atoms with Crippen LogP contribution in [-0.2, 0) is 23.1 Å². The van der Waals surface area contributed by atoms with Crippen LogP contribution in [0.4, 0.5) is 21.8 Å². The van der Waals surface area contributed by atoms with Crippen LogP contribution in [0, 0.1) is 6.92 Å². The Morgan fingerprint density at radius 1 is 0.966 bits per heavy atom. The second-order valence-electron chi connectivity index (χ2n) is 16.8. The summed E-state index contributed by atoms with van der Waals surface area (Å²) in [5.41, 5.74) is 3.50. The molecular formula is C43H49FN10O4. The second-order valence-corrected chi connectivity index (χ2v) is 16.8. The minimum absolute atomic E-state index is 0.00408. The number of amides is 2. The molecule has 3 saturated heterocycles. The number of Topliss-reactive ketones (excluding diaryl/α,β-unsaturated/α-hetero) is 1. The molecule has 15 heteroatoms. The molecule has 0 spiro atoms. The lowest BCUT2D eigenvalue weighted by atomic mass is 9.86. The highest BCUT2D eigenvalue weighted by atomic mass is 19.1. The van der Waals surface area contributed by atoms with Crippen LogP contribution >= 0.6 is 0 Å². The van der Waals surface area contributed by atoms with Crippen LogP contribution in [0.3, 0.4) is 0 Å². The molecule has 4 fully saturated rings. The van der Waals surface area contributed by atoms with Gasteiger partial charge in [-0.3, -0.25) is 38.6 Å². The molecule has 1 aromatic carbocycles. The molecule has 3 aliphatic heterocycles. The normalized spacial score (nSPS) is 20.5. The maximum Gasteiger partial charge on any atom is 0.263 e. The van der Waals surface area contributed by atoms with E-state index in [9.17, 15) is 19.2 Å². The van der Waals surface area contributed by atoms with Gasteiger partial charge in [-0.05, 0) is 88.1 Å². The highest BCUT2D eigenvalue weighted by molar-refractivity contribution is 6.02. The quantitative estimate of drug-likeness (QED) is 0.134. The fourth-order valence-electron chi connectivity index (χ4n) is 9.72. The summed E-state index contributed by atoms with van der Waals surface area (Å²) in [6, 6.07) is 10.3. The van der Waals surface area contributed by atoms with Gasteiger partial charge in [0.2, 0.25) is 17.8 Å². The standard InChI is InChI=1S/C43H49FN10O4/c1-25-33-22-46-42(49-39(33)54(29-6-4-5-7-29)41(58)37(25)26(2)55)47-35-12-9-30(21-45-35)52-18-15-28(16-19-52)53-23-43(44,24-53)17-14-27-8-10-31-34(20-27)51(3)50-38(31)32-11-13-36(56)48-40(32)57/h8-10,12,20-22,28-29,32H,4-7,11,13-19,23-24H2,1-3H3,(H,48,56,57)(H,45,46,47,49). The first-order valence-electron chi connectivity index (χ1n) is 20.6.